The van der Waals surface area contributed by atoms with Gasteiger partial charge in [0.25, 0.3) is 15.9 Å². The number of rotatable bonds is 6. The molecule has 2 N–H and O–H groups in total. The molecule has 0 aliphatic rings. The molecule has 0 aliphatic carbocycles. The van der Waals surface area contributed by atoms with Crippen LogP contribution in [0.2, 0.25) is 5.02 Å². The number of benzene rings is 2. The van der Waals surface area contributed by atoms with Gasteiger partial charge < -0.3 is 5.32 Å². The quantitative estimate of drug-likeness (QED) is 0.795. The van der Waals surface area contributed by atoms with Crippen molar-refractivity contribution in [2.45, 2.75) is 31.2 Å². The molecule has 0 radical (unpaired) electrons. The van der Waals surface area contributed by atoms with E-state index in [1.54, 1.807) is 0 Å². The van der Waals surface area contributed by atoms with Crippen LogP contribution in [0.3, 0.4) is 0 Å². The van der Waals surface area contributed by atoms with Gasteiger partial charge in [0, 0.05) is 11.7 Å². The van der Waals surface area contributed by atoms with E-state index in [-0.39, 0.29) is 27.2 Å². The molecule has 2 aromatic rings. The molecule has 25 heavy (non-hydrogen) atoms. The summed E-state index contributed by atoms with van der Waals surface area (Å²) in [5, 5.41) is 2.90. The van der Waals surface area contributed by atoms with Crippen LogP contribution in [0, 0.1) is 5.82 Å². The summed E-state index contributed by atoms with van der Waals surface area (Å²) in [6.45, 7) is 3.75. The van der Waals surface area contributed by atoms with Gasteiger partial charge in [0.05, 0.1) is 15.5 Å². The first-order valence-electron chi connectivity index (χ1n) is 7.61. The van der Waals surface area contributed by atoms with Gasteiger partial charge in [-0.2, -0.15) is 0 Å². The fourth-order valence-corrected chi connectivity index (χ4v) is 3.27. The highest BCUT2D eigenvalue weighted by molar-refractivity contribution is 7.92. The lowest BCUT2D eigenvalue weighted by Gasteiger charge is -2.14. The van der Waals surface area contributed by atoms with Crippen molar-refractivity contribution in [1.82, 2.24) is 5.32 Å². The fourth-order valence-electron chi connectivity index (χ4n) is 1.98. The summed E-state index contributed by atoms with van der Waals surface area (Å²) >= 11 is 6.03. The van der Waals surface area contributed by atoms with Crippen molar-refractivity contribution in [2.75, 3.05) is 4.72 Å². The Bertz CT molecular complexity index is 870. The van der Waals surface area contributed by atoms with E-state index in [9.17, 15) is 17.6 Å². The third-order valence-corrected chi connectivity index (χ3v) is 5.29. The highest BCUT2D eigenvalue weighted by atomic mass is 35.5. The minimum atomic E-state index is -3.94. The zero-order valence-corrected chi connectivity index (χ0v) is 15.3. The number of hydrogen-bond acceptors (Lipinski definition) is 3. The average Bonchev–Trinajstić information content (AvgIpc) is 2.56. The van der Waals surface area contributed by atoms with Crippen molar-refractivity contribution >= 4 is 33.2 Å². The molecule has 1 unspecified atom stereocenters. The maximum atomic E-state index is 12.9. The fraction of sp³-hybridized carbons (Fsp3) is 0.235. The second kappa shape index (κ2) is 7.84. The van der Waals surface area contributed by atoms with E-state index in [4.69, 9.17) is 11.6 Å². The Kier molecular flexibility index (Phi) is 6.02. The predicted molar refractivity (Wildman–Crippen MR) is 95.9 cm³/mol. The lowest BCUT2D eigenvalue weighted by Crippen LogP contribution is -2.32. The molecular formula is C17H18ClFN2O3S. The van der Waals surface area contributed by atoms with Crippen LogP contribution in [0.4, 0.5) is 10.1 Å². The van der Waals surface area contributed by atoms with Crippen molar-refractivity contribution in [3.63, 3.8) is 0 Å². The molecule has 134 valence electrons. The lowest BCUT2D eigenvalue weighted by molar-refractivity contribution is 0.0939. The largest absolute Gasteiger partial charge is 0.350 e. The molecule has 0 spiro atoms. The van der Waals surface area contributed by atoms with Gasteiger partial charge in [0.15, 0.2) is 0 Å². The second-order valence-electron chi connectivity index (χ2n) is 5.54. The van der Waals surface area contributed by atoms with Crippen LogP contribution in [0.1, 0.15) is 30.6 Å². The van der Waals surface area contributed by atoms with Gasteiger partial charge in [0.1, 0.15) is 5.82 Å². The molecule has 2 rings (SSSR count). The number of carbonyl (C=O) groups is 1. The molecule has 1 atom stereocenters. The lowest BCUT2D eigenvalue weighted by atomic mass is 10.2. The van der Waals surface area contributed by atoms with Crippen LogP contribution in [0.5, 0.6) is 0 Å². The van der Waals surface area contributed by atoms with Gasteiger partial charge in [-0.1, -0.05) is 18.5 Å². The molecule has 0 heterocycles. The van der Waals surface area contributed by atoms with E-state index in [1.807, 2.05) is 13.8 Å². The summed E-state index contributed by atoms with van der Waals surface area (Å²) in [5.74, 6) is -0.920. The molecule has 0 aliphatic heterocycles. The van der Waals surface area contributed by atoms with Gasteiger partial charge >= 0.3 is 0 Å². The zero-order chi connectivity index (χ0) is 18.6. The average molecular weight is 385 g/mol. The summed E-state index contributed by atoms with van der Waals surface area (Å²) in [5.41, 5.74) is 0.283. The standard InChI is InChI=1S/C17H18ClFN2O3S/c1-3-11(2)20-17(22)15-10-14(8-9-16(15)18)25(23,24)21-13-6-4-12(19)5-7-13/h4-11,21H,3H2,1-2H3,(H,20,22). The van der Waals surface area contributed by atoms with Gasteiger partial charge in [-0.05, 0) is 55.8 Å². The number of nitrogens with one attached hydrogen (secondary N) is 2. The minimum Gasteiger partial charge on any atom is -0.350 e. The predicted octanol–water partition coefficient (Wildman–Crippen LogP) is 3.81. The number of carbonyl (C=O) groups excluding carboxylic acids is 1. The van der Waals surface area contributed by atoms with Crippen molar-refractivity contribution in [2.24, 2.45) is 0 Å². The van der Waals surface area contributed by atoms with Crippen LogP contribution in [-0.2, 0) is 10.0 Å². The van der Waals surface area contributed by atoms with E-state index in [0.29, 0.717) is 0 Å². The maximum absolute atomic E-state index is 12.9. The Hall–Kier alpha value is -2.12. The van der Waals surface area contributed by atoms with Gasteiger partial charge in [-0.25, -0.2) is 12.8 Å². The Balaban J connectivity index is 2.30. The van der Waals surface area contributed by atoms with Crippen LogP contribution in [-0.4, -0.2) is 20.4 Å². The highest BCUT2D eigenvalue weighted by Gasteiger charge is 2.19. The zero-order valence-electron chi connectivity index (χ0n) is 13.7. The molecular weight excluding hydrogens is 367 g/mol. The molecule has 5 nitrogen and oxygen atoms in total. The normalized spacial score (nSPS) is 12.5. The van der Waals surface area contributed by atoms with E-state index in [0.717, 1.165) is 18.6 Å². The van der Waals surface area contributed by atoms with E-state index >= 15 is 0 Å². The maximum Gasteiger partial charge on any atom is 0.261 e. The minimum absolute atomic E-state index is 0.0684. The first-order valence-corrected chi connectivity index (χ1v) is 9.48. The number of halogens is 2. The van der Waals surface area contributed by atoms with Crippen molar-refractivity contribution in [1.29, 1.82) is 0 Å². The Morgan fingerprint density at radius 1 is 1.20 bits per heavy atom. The van der Waals surface area contributed by atoms with Crippen molar-refractivity contribution < 1.29 is 17.6 Å². The first kappa shape index (κ1) is 19.2. The van der Waals surface area contributed by atoms with Crippen LogP contribution < -0.4 is 10.0 Å². The molecule has 0 bridgehead atoms. The SMILES string of the molecule is CCC(C)NC(=O)c1cc(S(=O)(=O)Nc2ccc(F)cc2)ccc1Cl. The summed E-state index contributed by atoms with van der Waals surface area (Å²) in [4.78, 5) is 12.1. The second-order valence-corrected chi connectivity index (χ2v) is 7.63. The van der Waals surface area contributed by atoms with E-state index < -0.39 is 21.7 Å². The topological polar surface area (TPSA) is 75.3 Å². The summed E-state index contributed by atoms with van der Waals surface area (Å²) in [6, 6.07) is 8.70. The van der Waals surface area contributed by atoms with Gasteiger partial charge in [-0.15, -0.1) is 0 Å². The van der Waals surface area contributed by atoms with Gasteiger partial charge in [-0.3, -0.25) is 9.52 Å². The Morgan fingerprint density at radius 2 is 1.84 bits per heavy atom. The van der Waals surface area contributed by atoms with E-state index in [2.05, 4.69) is 10.0 Å². The Morgan fingerprint density at radius 3 is 2.44 bits per heavy atom. The third-order valence-electron chi connectivity index (χ3n) is 3.58. The molecule has 0 aromatic heterocycles. The molecule has 0 saturated carbocycles. The summed E-state index contributed by atoms with van der Waals surface area (Å²) < 4.78 is 40.2. The van der Waals surface area contributed by atoms with Crippen molar-refractivity contribution in [3.05, 3.63) is 58.9 Å². The molecule has 2 aromatic carbocycles. The third kappa shape index (κ3) is 4.93. The summed E-state index contributed by atoms with van der Waals surface area (Å²) in [6.07, 6.45) is 0.730. The number of sulfonamides is 1. The van der Waals surface area contributed by atoms with Crippen LogP contribution in [0.15, 0.2) is 47.4 Å². The van der Waals surface area contributed by atoms with Gasteiger partial charge in [0.2, 0.25) is 0 Å². The number of hydrogen-bond donors (Lipinski definition) is 2. The number of anilines is 1. The first-order chi connectivity index (χ1) is 11.7. The molecule has 1 amide bonds. The molecule has 8 heteroatoms. The summed E-state index contributed by atoms with van der Waals surface area (Å²) in [7, 11) is -3.94. The molecule has 0 saturated heterocycles. The van der Waals surface area contributed by atoms with E-state index in [1.165, 1.54) is 30.3 Å². The highest BCUT2D eigenvalue weighted by Crippen LogP contribution is 2.23. The Labute approximate surface area is 151 Å². The monoisotopic (exact) mass is 384 g/mol. The van der Waals surface area contributed by atoms with Crippen molar-refractivity contribution in [3.8, 4) is 0 Å². The number of amides is 1. The van der Waals surface area contributed by atoms with Crippen LogP contribution >= 0.6 is 11.6 Å². The molecule has 0 fully saturated rings. The van der Waals surface area contributed by atoms with Crippen LogP contribution in [0.25, 0.3) is 0 Å². The smallest absolute Gasteiger partial charge is 0.261 e.